The monoisotopic (exact) mass is 334 g/mol. The molecule has 0 atom stereocenters. The molecule has 1 heterocycles. The Morgan fingerprint density at radius 2 is 2.05 bits per heavy atom. The molecule has 0 aliphatic heterocycles. The van der Waals surface area contributed by atoms with E-state index in [0.717, 1.165) is 10.0 Å². The molecule has 102 valence electrons. The number of hydrogen-bond donors (Lipinski definition) is 2. The molecule has 2 N–H and O–H groups in total. The SMILES string of the molecule is Cc1cccc(NC(=O)c2ccnc(C(=O)O)c2)c1Br. The average Bonchev–Trinajstić information content (AvgIpc) is 2.44. The summed E-state index contributed by atoms with van der Waals surface area (Å²) in [4.78, 5) is 26.6. The zero-order valence-corrected chi connectivity index (χ0v) is 12.1. The molecule has 20 heavy (non-hydrogen) atoms. The van der Waals surface area contributed by atoms with Gasteiger partial charge in [-0.2, -0.15) is 0 Å². The summed E-state index contributed by atoms with van der Waals surface area (Å²) in [7, 11) is 0. The van der Waals surface area contributed by atoms with Gasteiger partial charge in [0.25, 0.3) is 5.91 Å². The summed E-state index contributed by atoms with van der Waals surface area (Å²) in [6, 6.07) is 8.20. The van der Waals surface area contributed by atoms with E-state index in [2.05, 4.69) is 26.2 Å². The number of aromatic nitrogens is 1. The highest BCUT2D eigenvalue weighted by Gasteiger charge is 2.12. The summed E-state index contributed by atoms with van der Waals surface area (Å²) in [5.41, 5.74) is 1.69. The van der Waals surface area contributed by atoms with Gasteiger partial charge < -0.3 is 10.4 Å². The van der Waals surface area contributed by atoms with E-state index < -0.39 is 5.97 Å². The van der Waals surface area contributed by atoms with Crippen LogP contribution in [0.15, 0.2) is 41.0 Å². The number of anilines is 1. The Labute approximate surface area is 123 Å². The number of amides is 1. The molecule has 0 aliphatic carbocycles. The fourth-order valence-electron chi connectivity index (χ4n) is 1.63. The second-order valence-corrected chi connectivity index (χ2v) is 4.92. The van der Waals surface area contributed by atoms with Crippen LogP contribution >= 0.6 is 15.9 Å². The first-order valence-corrected chi connectivity index (χ1v) is 6.54. The van der Waals surface area contributed by atoms with E-state index in [1.807, 2.05) is 19.1 Å². The maximum atomic E-state index is 12.1. The number of halogens is 1. The van der Waals surface area contributed by atoms with E-state index in [-0.39, 0.29) is 17.2 Å². The van der Waals surface area contributed by atoms with E-state index in [1.165, 1.54) is 18.3 Å². The van der Waals surface area contributed by atoms with Crippen molar-refractivity contribution in [1.29, 1.82) is 0 Å². The van der Waals surface area contributed by atoms with Crippen molar-refractivity contribution in [3.63, 3.8) is 0 Å². The van der Waals surface area contributed by atoms with Gasteiger partial charge in [0.1, 0.15) is 5.69 Å². The zero-order valence-electron chi connectivity index (χ0n) is 10.6. The standard InChI is InChI=1S/C14H11BrN2O3/c1-8-3-2-4-10(12(8)15)17-13(18)9-5-6-16-11(7-9)14(19)20/h2-7H,1H3,(H,17,18)(H,19,20). The highest BCUT2D eigenvalue weighted by Crippen LogP contribution is 2.26. The molecule has 1 aromatic heterocycles. The van der Waals surface area contributed by atoms with Crippen molar-refractivity contribution in [3.8, 4) is 0 Å². The largest absolute Gasteiger partial charge is 0.477 e. The molecule has 1 amide bonds. The van der Waals surface area contributed by atoms with E-state index >= 15 is 0 Å². The third-order valence-electron chi connectivity index (χ3n) is 2.68. The molecule has 0 fully saturated rings. The Hall–Kier alpha value is -2.21. The Balaban J connectivity index is 2.26. The summed E-state index contributed by atoms with van der Waals surface area (Å²) >= 11 is 3.40. The molecule has 0 aliphatic rings. The number of aryl methyl sites for hydroxylation is 1. The van der Waals surface area contributed by atoms with Crippen molar-refractivity contribution in [2.45, 2.75) is 6.92 Å². The quantitative estimate of drug-likeness (QED) is 0.903. The molecule has 2 aromatic rings. The molecule has 0 bridgehead atoms. The van der Waals surface area contributed by atoms with Crippen LogP contribution in [0.5, 0.6) is 0 Å². The van der Waals surface area contributed by atoms with Crippen molar-refractivity contribution in [1.82, 2.24) is 4.98 Å². The smallest absolute Gasteiger partial charge is 0.354 e. The molecule has 6 heteroatoms. The lowest BCUT2D eigenvalue weighted by Crippen LogP contribution is -2.14. The zero-order chi connectivity index (χ0) is 14.7. The topological polar surface area (TPSA) is 79.3 Å². The Kier molecular flexibility index (Phi) is 4.14. The number of carboxylic acids is 1. The van der Waals surface area contributed by atoms with Crippen LogP contribution in [0.1, 0.15) is 26.4 Å². The second-order valence-electron chi connectivity index (χ2n) is 4.13. The lowest BCUT2D eigenvalue weighted by molar-refractivity contribution is 0.0690. The number of hydrogen-bond acceptors (Lipinski definition) is 3. The van der Waals surface area contributed by atoms with E-state index in [9.17, 15) is 9.59 Å². The van der Waals surface area contributed by atoms with Gasteiger partial charge in [0, 0.05) is 16.2 Å². The van der Waals surface area contributed by atoms with Crippen molar-refractivity contribution in [2.24, 2.45) is 0 Å². The minimum Gasteiger partial charge on any atom is -0.477 e. The van der Waals surface area contributed by atoms with E-state index in [0.29, 0.717) is 5.69 Å². The van der Waals surface area contributed by atoms with Gasteiger partial charge in [-0.15, -0.1) is 0 Å². The van der Waals surface area contributed by atoms with Crippen molar-refractivity contribution < 1.29 is 14.7 Å². The number of pyridine rings is 1. The number of carbonyl (C=O) groups excluding carboxylic acids is 1. The predicted molar refractivity (Wildman–Crippen MR) is 78.0 cm³/mol. The van der Waals surface area contributed by atoms with Gasteiger partial charge in [0.05, 0.1) is 5.69 Å². The van der Waals surface area contributed by atoms with Crippen LogP contribution in [0, 0.1) is 6.92 Å². The fourth-order valence-corrected chi connectivity index (χ4v) is 1.99. The first-order valence-electron chi connectivity index (χ1n) is 5.75. The summed E-state index contributed by atoms with van der Waals surface area (Å²) in [6.07, 6.45) is 1.30. The van der Waals surface area contributed by atoms with Crippen molar-refractivity contribution in [3.05, 3.63) is 57.8 Å². The number of carbonyl (C=O) groups is 2. The van der Waals surface area contributed by atoms with Crippen LogP contribution in [-0.4, -0.2) is 22.0 Å². The summed E-state index contributed by atoms with van der Waals surface area (Å²) in [5.74, 6) is -1.56. The number of nitrogens with zero attached hydrogens (tertiary/aromatic N) is 1. The van der Waals surface area contributed by atoms with Gasteiger partial charge in [-0.3, -0.25) is 4.79 Å². The maximum Gasteiger partial charge on any atom is 0.354 e. The minimum absolute atomic E-state index is 0.166. The third kappa shape index (κ3) is 3.03. The fraction of sp³-hybridized carbons (Fsp3) is 0.0714. The molecule has 0 saturated heterocycles. The molecular formula is C14H11BrN2O3. The molecule has 0 saturated carbocycles. The van der Waals surface area contributed by atoms with Crippen molar-refractivity contribution in [2.75, 3.05) is 5.32 Å². The second kappa shape index (κ2) is 5.83. The number of nitrogens with one attached hydrogen (secondary N) is 1. The van der Waals surface area contributed by atoms with Crippen LogP contribution in [0.4, 0.5) is 5.69 Å². The van der Waals surface area contributed by atoms with Gasteiger partial charge >= 0.3 is 5.97 Å². The highest BCUT2D eigenvalue weighted by atomic mass is 79.9. The average molecular weight is 335 g/mol. The summed E-state index contributed by atoms with van der Waals surface area (Å²) in [6.45, 7) is 1.91. The molecule has 0 spiro atoms. The molecule has 0 unspecified atom stereocenters. The van der Waals surface area contributed by atoms with E-state index in [4.69, 9.17) is 5.11 Å². The molecule has 2 rings (SSSR count). The summed E-state index contributed by atoms with van der Waals surface area (Å²) < 4.78 is 0.792. The van der Waals surface area contributed by atoms with Crippen LogP contribution in [0.2, 0.25) is 0 Å². The Morgan fingerprint density at radius 1 is 1.30 bits per heavy atom. The maximum absolute atomic E-state index is 12.1. The third-order valence-corrected chi connectivity index (χ3v) is 3.73. The van der Waals surface area contributed by atoms with Gasteiger partial charge in [0.15, 0.2) is 0 Å². The predicted octanol–water partition coefficient (Wildman–Crippen LogP) is 3.10. The van der Waals surface area contributed by atoms with Crippen LogP contribution in [0.3, 0.4) is 0 Å². The first-order chi connectivity index (χ1) is 9.49. The number of aromatic carboxylic acids is 1. The minimum atomic E-state index is -1.17. The van der Waals surface area contributed by atoms with Gasteiger partial charge in [0.2, 0.25) is 0 Å². The Bertz CT molecular complexity index is 686. The molecule has 1 aromatic carbocycles. The van der Waals surface area contributed by atoms with Gasteiger partial charge in [-0.25, -0.2) is 9.78 Å². The number of rotatable bonds is 3. The van der Waals surface area contributed by atoms with Crippen molar-refractivity contribution >= 4 is 33.5 Å². The normalized spacial score (nSPS) is 10.1. The van der Waals surface area contributed by atoms with Crippen LogP contribution in [0.25, 0.3) is 0 Å². The van der Waals surface area contributed by atoms with Crippen LogP contribution in [-0.2, 0) is 0 Å². The van der Waals surface area contributed by atoms with Gasteiger partial charge in [-0.1, -0.05) is 12.1 Å². The lowest BCUT2D eigenvalue weighted by Gasteiger charge is -2.09. The van der Waals surface area contributed by atoms with Crippen LogP contribution < -0.4 is 5.32 Å². The Morgan fingerprint density at radius 3 is 2.75 bits per heavy atom. The number of benzene rings is 1. The van der Waals surface area contributed by atoms with E-state index in [1.54, 1.807) is 6.07 Å². The number of carboxylic acid groups (broad SMARTS) is 1. The lowest BCUT2D eigenvalue weighted by atomic mass is 10.2. The summed E-state index contributed by atoms with van der Waals surface area (Å²) in [5, 5.41) is 11.6. The first kappa shape index (κ1) is 14.2. The highest BCUT2D eigenvalue weighted by molar-refractivity contribution is 9.10. The molecule has 0 radical (unpaired) electrons. The molecule has 5 nitrogen and oxygen atoms in total. The molecular weight excluding hydrogens is 324 g/mol. The van der Waals surface area contributed by atoms with Gasteiger partial charge in [-0.05, 0) is 46.6 Å².